The molecule has 0 amide bonds. The molecule has 0 aromatic carbocycles. The van der Waals surface area contributed by atoms with E-state index in [-0.39, 0.29) is 6.10 Å². The minimum Gasteiger partial charge on any atom is -0.373 e. The largest absolute Gasteiger partial charge is 0.373 e. The third-order valence-electron chi connectivity index (χ3n) is 1.92. The average Bonchev–Trinajstić information content (AvgIpc) is 2.17. The van der Waals surface area contributed by atoms with Gasteiger partial charge in [0.05, 0.1) is 0 Å². The van der Waals surface area contributed by atoms with Crippen molar-refractivity contribution in [3.63, 3.8) is 0 Å². The van der Waals surface area contributed by atoms with E-state index in [9.17, 15) is 4.79 Å². The molecule has 0 aromatic rings. The molecule has 0 fully saturated rings. The Kier molecular flexibility index (Phi) is 3.41. The van der Waals surface area contributed by atoms with Crippen LogP contribution >= 0.6 is 15.9 Å². The molecule has 1 aliphatic rings. The summed E-state index contributed by atoms with van der Waals surface area (Å²) in [7, 11) is 3.14. The van der Waals surface area contributed by atoms with E-state index in [1.807, 2.05) is 0 Å². The summed E-state index contributed by atoms with van der Waals surface area (Å²) < 4.78 is 9.66. The lowest BCUT2D eigenvalue weighted by Gasteiger charge is -2.31. The van der Waals surface area contributed by atoms with Crippen molar-refractivity contribution in [1.82, 2.24) is 0 Å². The van der Waals surface area contributed by atoms with Gasteiger partial charge in [-0.3, -0.25) is 4.79 Å². The predicted octanol–water partition coefficient (Wildman–Crippen LogP) is 1.43. The lowest BCUT2D eigenvalue weighted by molar-refractivity contribution is -0.104. The molecule has 4 heteroatoms. The summed E-state index contributed by atoms with van der Waals surface area (Å²) in [5, 5.41) is 0. The van der Waals surface area contributed by atoms with Crippen LogP contribution in [0.2, 0.25) is 0 Å². The number of methoxy groups -OCH3 is 2. The molecule has 0 radical (unpaired) electrons. The first kappa shape index (κ1) is 10.6. The minimum absolute atomic E-state index is 0.221. The minimum atomic E-state index is -0.729. The van der Waals surface area contributed by atoms with Crippen LogP contribution in [-0.4, -0.2) is 31.1 Å². The van der Waals surface area contributed by atoms with Crippen LogP contribution in [-0.2, 0) is 14.3 Å². The predicted molar refractivity (Wildman–Crippen MR) is 52.8 cm³/mol. The zero-order valence-electron chi connectivity index (χ0n) is 7.49. The van der Waals surface area contributed by atoms with Gasteiger partial charge in [0.15, 0.2) is 4.51 Å². The maximum Gasteiger partial charge on any atom is 0.171 e. The summed E-state index contributed by atoms with van der Waals surface area (Å²) in [6.07, 6.45) is 5.73. The first-order valence-corrected chi connectivity index (χ1v) is 4.58. The fraction of sp³-hybridized carbons (Fsp3) is 0.444. The number of alkyl halides is 1. The Labute approximate surface area is 85.5 Å². The molecular formula is C9H11BrO3. The second-order valence-electron chi connectivity index (χ2n) is 2.68. The molecule has 1 rings (SSSR count). The van der Waals surface area contributed by atoms with Crippen molar-refractivity contribution in [3.8, 4) is 0 Å². The van der Waals surface area contributed by atoms with Crippen LogP contribution in [0.15, 0.2) is 23.8 Å². The van der Waals surface area contributed by atoms with Crippen LogP contribution in [0.1, 0.15) is 0 Å². The third kappa shape index (κ3) is 2.07. The summed E-state index contributed by atoms with van der Waals surface area (Å²) in [5.74, 6) is 0. The van der Waals surface area contributed by atoms with E-state index in [4.69, 9.17) is 9.47 Å². The molecule has 72 valence electrons. The van der Waals surface area contributed by atoms with Gasteiger partial charge < -0.3 is 9.47 Å². The molecule has 2 atom stereocenters. The fourth-order valence-electron chi connectivity index (χ4n) is 1.17. The maximum absolute atomic E-state index is 10.5. The molecule has 1 aliphatic carbocycles. The summed E-state index contributed by atoms with van der Waals surface area (Å²) in [4.78, 5) is 10.5. The number of carbonyl (C=O) groups excluding carboxylic acids is 1. The monoisotopic (exact) mass is 246 g/mol. The van der Waals surface area contributed by atoms with Gasteiger partial charge in [0.2, 0.25) is 0 Å². The normalized spacial score (nSPS) is 32.8. The maximum atomic E-state index is 10.5. The van der Waals surface area contributed by atoms with E-state index in [2.05, 4.69) is 15.9 Å². The number of hydrogen-bond acceptors (Lipinski definition) is 3. The van der Waals surface area contributed by atoms with Crippen LogP contribution in [0.3, 0.4) is 0 Å². The summed E-state index contributed by atoms with van der Waals surface area (Å²) in [6.45, 7) is 0. The SMILES string of the molecule is COC1C=CC(C=O)=CC1(Br)OC. The molecule has 0 aromatic heterocycles. The molecule has 0 aliphatic heterocycles. The van der Waals surface area contributed by atoms with Crippen molar-refractivity contribution in [2.45, 2.75) is 10.6 Å². The van der Waals surface area contributed by atoms with Gasteiger partial charge >= 0.3 is 0 Å². The number of hydrogen-bond donors (Lipinski definition) is 0. The Morgan fingerprint density at radius 3 is 2.77 bits per heavy atom. The molecule has 13 heavy (non-hydrogen) atoms. The molecule has 2 unspecified atom stereocenters. The van der Waals surface area contributed by atoms with E-state index in [0.29, 0.717) is 5.57 Å². The van der Waals surface area contributed by atoms with Crippen LogP contribution in [0, 0.1) is 0 Å². The number of aldehydes is 1. The van der Waals surface area contributed by atoms with Gasteiger partial charge in [0.1, 0.15) is 12.4 Å². The second-order valence-corrected chi connectivity index (χ2v) is 3.92. The number of carbonyl (C=O) groups is 1. The van der Waals surface area contributed by atoms with Crippen molar-refractivity contribution in [2.75, 3.05) is 14.2 Å². The number of ether oxygens (including phenoxy) is 2. The third-order valence-corrected chi connectivity index (χ3v) is 2.92. The van der Waals surface area contributed by atoms with Crippen LogP contribution < -0.4 is 0 Å². The molecule has 0 saturated carbocycles. The van der Waals surface area contributed by atoms with Gasteiger partial charge in [-0.05, 0) is 22.0 Å². The quantitative estimate of drug-likeness (QED) is 0.559. The lowest BCUT2D eigenvalue weighted by atomic mass is 10.0. The zero-order chi connectivity index (χ0) is 9.90. The van der Waals surface area contributed by atoms with E-state index in [1.54, 1.807) is 32.4 Å². The van der Waals surface area contributed by atoms with Crippen molar-refractivity contribution in [1.29, 1.82) is 0 Å². The van der Waals surface area contributed by atoms with E-state index >= 15 is 0 Å². The highest BCUT2D eigenvalue weighted by Crippen LogP contribution is 2.32. The Bertz CT molecular complexity index is 260. The van der Waals surface area contributed by atoms with Crippen LogP contribution in [0.5, 0.6) is 0 Å². The molecule has 0 saturated heterocycles. The van der Waals surface area contributed by atoms with E-state index in [0.717, 1.165) is 6.29 Å². The number of halogens is 1. The van der Waals surface area contributed by atoms with Crippen molar-refractivity contribution in [3.05, 3.63) is 23.8 Å². The van der Waals surface area contributed by atoms with Gasteiger partial charge in [0.25, 0.3) is 0 Å². The number of allylic oxidation sites excluding steroid dienone is 2. The summed E-state index contributed by atoms with van der Waals surface area (Å²) in [5.41, 5.74) is 0.576. The highest BCUT2D eigenvalue weighted by molar-refractivity contribution is 9.10. The Hall–Kier alpha value is -0.450. The molecule has 0 bridgehead atoms. The molecule has 0 heterocycles. The number of rotatable bonds is 3. The van der Waals surface area contributed by atoms with E-state index < -0.39 is 4.51 Å². The Morgan fingerprint density at radius 1 is 1.62 bits per heavy atom. The van der Waals surface area contributed by atoms with Crippen LogP contribution in [0.4, 0.5) is 0 Å². The first-order valence-electron chi connectivity index (χ1n) is 3.79. The second kappa shape index (κ2) is 4.17. The van der Waals surface area contributed by atoms with Crippen molar-refractivity contribution in [2.24, 2.45) is 0 Å². The van der Waals surface area contributed by atoms with Gasteiger partial charge in [-0.2, -0.15) is 0 Å². The van der Waals surface area contributed by atoms with Crippen molar-refractivity contribution < 1.29 is 14.3 Å². The lowest BCUT2D eigenvalue weighted by Crippen LogP contribution is -2.38. The van der Waals surface area contributed by atoms with Crippen LogP contribution in [0.25, 0.3) is 0 Å². The topological polar surface area (TPSA) is 35.5 Å². The van der Waals surface area contributed by atoms with E-state index in [1.165, 1.54) is 0 Å². The van der Waals surface area contributed by atoms with Gasteiger partial charge in [-0.1, -0.05) is 12.2 Å². The van der Waals surface area contributed by atoms with Gasteiger partial charge in [0, 0.05) is 19.8 Å². The molecule has 0 spiro atoms. The summed E-state index contributed by atoms with van der Waals surface area (Å²) in [6, 6.07) is 0. The zero-order valence-corrected chi connectivity index (χ0v) is 9.08. The van der Waals surface area contributed by atoms with Crippen molar-refractivity contribution >= 4 is 22.2 Å². The average molecular weight is 247 g/mol. The Morgan fingerprint density at radius 2 is 2.31 bits per heavy atom. The Balaban J connectivity index is 2.95. The fourth-order valence-corrected chi connectivity index (χ4v) is 1.78. The molecular weight excluding hydrogens is 236 g/mol. The van der Waals surface area contributed by atoms with Gasteiger partial charge in [-0.25, -0.2) is 0 Å². The van der Waals surface area contributed by atoms with Gasteiger partial charge in [-0.15, -0.1) is 0 Å². The summed E-state index contributed by atoms with van der Waals surface area (Å²) >= 11 is 3.37. The molecule has 3 nitrogen and oxygen atoms in total. The highest BCUT2D eigenvalue weighted by atomic mass is 79.9. The highest BCUT2D eigenvalue weighted by Gasteiger charge is 2.35. The smallest absolute Gasteiger partial charge is 0.171 e. The molecule has 0 N–H and O–H groups in total. The first-order chi connectivity index (χ1) is 6.16. The standard InChI is InChI=1S/C9H11BrO3/c1-12-8-4-3-7(6-11)5-9(8,10)13-2/h3-6,8H,1-2H3.